The van der Waals surface area contributed by atoms with Crippen LogP contribution in [0.25, 0.3) is 0 Å². The zero-order valence-corrected chi connectivity index (χ0v) is 18.9. The van der Waals surface area contributed by atoms with Crippen molar-refractivity contribution in [3.05, 3.63) is 0 Å². The molecule has 168 valence electrons. The second-order valence-corrected chi connectivity index (χ2v) is 7.20. The van der Waals surface area contributed by atoms with E-state index in [-0.39, 0.29) is 17.8 Å². The Bertz CT molecular complexity index is 394. The van der Waals surface area contributed by atoms with Gasteiger partial charge in [0.2, 0.25) is 0 Å². The lowest BCUT2D eigenvalue weighted by molar-refractivity contribution is -0.143. The maximum Gasteiger partial charge on any atom is 0.306 e. The van der Waals surface area contributed by atoms with Crippen LogP contribution < -0.4 is 0 Å². The molecule has 0 saturated carbocycles. The van der Waals surface area contributed by atoms with Crippen molar-refractivity contribution in [1.29, 1.82) is 0 Å². The van der Waals surface area contributed by atoms with Crippen LogP contribution in [-0.4, -0.2) is 33.2 Å². The summed E-state index contributed by atoms with van der Waals surface area (Å²) in [6.45, 7) is 11.7. The molecular formula is C22H44O6. The van der Waals surface area contributed by atoms with Crippen molar-refractivity contribution in [2.45, 2.75) is 106 Å². The van der Waals surface area contributed by atoms with Gasteiger partial charge in [-0.05, 0) is 32.1 Å². The number of unbranched alkanes of at least 4 members (excludes halogenated alkanes) is 2. The summed E-state index contributed by atoms with van der Waals surface area (Å²) in [5.41, 5.74) is 0. The van der Waals surface area contributed by atoms with Crippen molar-refractivity contribution >= 4 is 17.9 Å². The van der Waals surface area contributed by atoms with Gasteiger partial charge in [0.15, 0.2) is 0 Å². The lowest BCUT2D eigenvalue weighted by Gasteiger charge is -2.06. The molecule has 0 aromatic heterocycles. The molecule has 0 aliphatic heterocycles. The van der Waals surface area contributed by atoms with E-state index in [4.69, 9.17) is 15.3 Å². The van der Waals surface area contributed by atoms with Gasteiger partial charge in [-0.3, -0.25) is 14.4 Å². The Morgan fingerprint density at radius 3 is 1.25 bits per heavy atom. The van der Waals surface area contributed by atoms with Gasteiger partial charge in [-0.2, -0.15) is 0 Å². The molecule has 0 aliphatic rings. The first-order valence-electron chi connectivity index (χ1n) is 10.8. The van der Waals surface area contributed by atoms with Gasteiger partial charge in [-0.1, -0.05) is 73.6 Å². The largest absolute Gasteiger partial charge is 0.481 e. The molecule has 0 aliphatic carbocycles. The summed E-state index contributed by atoms with van der Waals surface area (Å²) < 4.78 is 0. The standard InChI is InChI=1S/C8H16O2.2C7H14O2/c1-3-5-6-7(4-2)8(9)10;1-3-4-5-6(2)7(8)9;1-3-5-6(4-2)7(8)9/h7H,3-6H2,1-2H3,(H,9,10);2*6H,3-5H2,1-2H3,(H,8,9). The topological polar surface area (TPSA) is 112 Å². The average Bonchev–Trinajstić information content (AvgIpc) is 2.65. The number of rotatable bonds is 13. The van der Waals surface area contributed by atoms with E-state index in [1.807, 2.05) is 20.8 Å². The highest BCUT2D eigenvalue weighted by Crippen LogP contribution is 2.12. The fourth-order valence-electron chi connectivity index (χ4n) is 2.44. The first-order chi connectivity index (χ1) is 13.1. The Labute approximate surface area is 171 Å². The number of carboxylic acid groups (broad SMARTS) is 3. The quantitative estimate of drug-likeness (QED) is 0.343. The molecule has 0 saturated heterocycles. The molecule has 0 aromatic carbocycles. The number of aliphatic carboxylic acids is 3. The lowest BCUT2D eigenvalue weighted by Crippen LogP contribution is -2.11. The predicted molar refractivity (Wildman–Crippen MR) is 114 cm³/mol. The second kappa shape index (κ2) is 21.7. The van der Waals surface area contributed by atoms with E-state index in [0.717, 1.165) is 64.2 Å². The fraction of sp³-hybridized carbons (Fsp3) is 0.864. The monoisotopic (exact) mass is 404 g/mol. The molecule has 3 N–H and O–H groups in total. The SMILES string of the molecule is CCCC(CC)C(=O)O.CCCCC(C)C(=O)O.CCCCC(CC)C(=O)O. The molecule has 6 nitrogen and oxygen atoms in total. The molecule has 0 spiro atoms. The Balaban J connectivity index is -0.000000336. The highest BCUT2D eigenvalue weighted by atomic mass is 16.4. The van der Waals surface area contributed by atoms with Crippen LogP contribution in [-0.2, 0) is 14.4 Å². The number of hydrogen-bond donors (Lipinski definition) is 3. The summed E-state index contributed by atoms with van der Waals surface area (Å²) in [5, 5.41) is 25.5. The van der Waals surface area contributed by atoms with Crippen LogP contribution in [0, 0.1) is 17.8 Å². The van der Waals surface area contributed by atoms with E-state index in [1.54, 1.807) is 6.92 Å². The van der Waals surface area contributed by atoms with Gasteiger partial charge in [-0.25, -0.2) is 0 Å². The van der Waals surface area contributed by atoms with Crippen LogP contribution in [0.5, 0.6) is 0 Å². The van der Waals surface area contributed by atoms with Crippen molar-refractivity contribution in [2.75, 3.05) is 0 Å². The number of carboxylic acids is 3. The van der Waals surface area contributed by atoms with Crippen molar-refractivity contribution in [1.82, 2.24) is 0 Å². The summed E-state index contributed by atoms with van der Waals surface area (Å²) in [6.07, 6.45) is 9.16. The molecule has 0 fully saturated rings. The van der Waals surface area contributed by atoms with Crippen molar-refractivity contribution < 1.29 is 29.7 Å². The first kappa shape index (κ1) is 31.1. The molecule has 0 rings (SSSR count). The second-order valence-electron chi connectivity index (χ2n) is 7.20. The smallest absolute Gasteiger partial charge is 0.306 e. The molecule has 0 aromatic rings. The van der Waals surface area contributed by atoms with Gasteiger partial charge in [0.1, 0.15) is 0 Å². The third-order valence-electron chi connectivity index (χ3n) is 4.64. The average molecular weight is 405 g/mol. The van der Waals surface area contributed by atoms with Crippen LogP contribution in [0.4, 0.5) is 0 Å². The van der Waals surface area contributed by atoms with Crippen LogP contribution >= 0.6 is 0 Å². The molecule has 3 unspecified atom stereocenters. The van der Waals surface area contributed by atoms with Gasteiger partial charge in [0, 0.05) is 0 Å². The minimum Gasteiger partial charge on any atom is -0.481 e. The molecule has 28 heavy (non-hydrogen) atoms. The zero-order valence-electron chi connectivity index (χ0n) is 18.9. The Morgan fingerprint density at radius 1 is 0.607 bits per heavy atom. The van der Waals surface area contributed by atoms with Crippen LogP contribution in [0.15, 0.2) is 0 Å². The van der Waals surface area contributed by atoms with Crippen molar-refractivity contribution in [3.8, 4) is 0 Å². The van der Waals surface area contributed by atoms with E-state index in [1.165, 1.54) is 0 Å². The minimum absolute atomic E-state index is 0.111. The predicted octanol–water partition coefficient (Wildman–Crippen LogP) is 6.08. The Kier molecular flexibility index (Phi) is 24.1. The number of hydrogen-bond acceptors (Lipinski definition) is 3. The Hall–Kier alpha value is -1.59. The summed E-state index contributed by atoms with van der Waals surface area (Å²) in [6, 6.07) is 0. The maximum atomic E-state index is 10.4. The highest BCUT2D eigenvalue weighted by Gasteiger charge is 2.13. The van der Waals surface area contributed by atoms with Crippen molar-refractivity contribution in [3.63, 3.8) is 0 Å². The van der Waals surface area contributed by atoms with E-state index in [2.05, 4.69) is 13.8 Å². The molecule has 0 radical (unpaired) electrons. The molecule has 0 bridgehead atoms. The van der Waals surface area contributed by atoms with Crippen molar-refractivity contribution in [2.24, 2.45) is 17.8 Å². The van der Waals surface area contributed by atoms with Crippen LogP contribution in [0.1, 0.15) is 106 Å². The summed E-state index contributed by atoms with van der Waals surface area (Å²) in [7, 11) is 0. The van der Waals surface area contributed by atoms with Gasteiger partial charge < -0.3 is 15.3 Å². The third-order valence-corrected chi connectivity index (χ3v) is 4.64. The van der Waals surface area contributed by atoms with E-state index < -0.39 is 17.9 Å². The molecule has 6 heteroatoms. The molecule has 0 amide bonds. The summed E-state index contributed by atoms with van der Waals surface area (Å²) in [4.78, 5) is 31.0. The van der Waals surface area contributed by atoms with E-state index in [9.17, 15) is 14.4 Å². The van der Waals surface area contributed by atoms with Gasteiger partial charge in [0.25, 0.3) is 0 Å². The van der Waals surface area contributed by atoms with E-state index >= 15 is 0 Å². The van der Waals surface area contributed by atoms with Crippen LogP contribution in [0.3, 0.4) is 0 Å². The summed E-state index contributed by atoms with van der Waals surface area (Å²) in [5.74, 6) is -2.36. The maximum absolute atomic E-state index is 10.4. The highest BCUT2D eigenvalue weighted by molar-refractivity contribution is 5.70. The van der Waals surface area contributed by atoms with Crippen LogP contribution in [0.2, 0.25) is 0 Å². The zero-order chi connectivity index (χ0) is 22.5. The van der Waals surface area contributed by atoms with Gasteiger partial charge in [0.05, 0.1) is 17.8 Å². The molecule has 0 heterocycles. The van der Waals surface area contributed by atoms with E-state index in [0.29, 0.717) is 0 Å². The third kappa shape index (κ3) is 20.7. The van der Waals surface area contributed by atoms with Gasteiger partial charge in [-0.15, -0.1) is 0 Å². The molecular weight excluding hydrogens is 360 g/mol. The minimum atomic E-state index is -0.677. The summed E-state index contributed by atoms with van der Waals surface area (Å²) >= 11 is 0. The fourth-order valence-corrected chi connectivity index (χ4v) is 2.44. The first-order valence-corrected chi connectivity index (χ1v) is 10.8. The molecule has 3 atom stereocenters. The normalized spacial score (nSPS) is 13.1. The van der Waals surface area contributed by atoms with Gasteiger partial charge >= 0.3 is 17.9 Å². The lowest BCUT2D eigenvalue weighted by atomic mass is 10.00. The number of carbonyl (C=O) groups is 3. The Morgan fingerprint density at radius 2 is 1.00 bits per heavy atom.